The maximum Gasteiger partial charge on any atom is 0.262 e. The zero-order valence-electron chi connectivity index (χ0n) is 8.71. The number of imidazole rings is 1. The van der Waals surface area contributed by atoms with E-state index in [0.29, 0.717) is 13.1 Å². The SMILES string of the molecule is CNC1CN(S(=O)(=O)c2cn(C)cn2)C1. The molecule has 1 aromatic heterocycles. The van der Waals surface area contributed by atoms with E-state index < -0.39 is 10.0 Å². The maximum atomic E-state index is 11.9. The summed E-state index contributed by atoms with van der Waals surface area (Å²) in [6, 6.07) is 0.267. The fraction of sp³-hybridized carbons (Fsp3) is 0.625. The summed E-state index contributed by atoms with van der Waals surface area (Å²) < 4.78 is 26.9. The molecular weight excluding hydrogens is 216 g/mol. The molecule has 0 unspecified atom stereocenters. The van der Waals surface area contributed by atoms with Crippen molar-refractivity contribution in [3.63, 3.8) is 0 Å². The predicted molar refractivity (Wildman–Crippen MR) is 54.8 cm³/mol. The molecule has 1 aromatic rings. The Kier molecular flexibility index (Phi) is 2.53. The van der Waals surface area contributed by atoms with E-state index in [1.807, 2.05) is 7.05 Å². The van der Waals surface area contributed by atoms with Crippen LogP contribution in [0.3, 0.4) is 0 Å². The fourth-order valence-corrected chi connectivity index (χ4v) is 2.97. The van der Waals surface area contributed by atoms with Gasteiger partial charge in [0.15, 0.2) is 5.03 Å². The first-order chi connectivity index (χ1) is 7.04. The highest BCUT2D eigenvalue weighted by Gasteiger charge is 2.36. The highest BCUT2D eigenvalue weighted by atomic mass is 32.2. The van der Waals surface area contributed by atoms with Gasteiger partial charge in [0.2, 0.25) is 0 Å². The Balaban J connectivity index is 2.15. The topological polar surface area (TPSA) is 67.2 Å². The van der Waals surface area contributed by atoms with Crippen LogP contribution in [0, 0.1) is 0 Å². The van der Waals surface area contributed by atoms with E-state index in [-0.39, 0.29) is 11.1 Å². The van der Waals surface area contributed by atoms with Crippen LogP contribution in [0.4, 0.5) is 0 Å². The molecule has 1 fully saturated rings. The standard InChI is InChI=1S/C8H14N4O2S/c1-9-7-3-12(4-7)15(13,14)8-5-11(2)6-10-8/h5-7,9H,3-4H2,1-2H3. The van der Waals surface area contributed by atoms with Gasteiger partial charge in [0.1, 0.15) is 0 Å². The van der Waals surface area contributed by atoms with Crippen molar-refractivity contribution in [2.75, 3.05) is 20.1 Å². The van der Waals surface area contributed by atoms with Gasteiger partial charge in [-0.1, -0.05) is 0 Å². The Hall–Kier alpha value is -0.920. The van der Waals surface area contributed by atoms with Crippen LogP contribution in [0.25, 0.3) is 0 Å². The second kappa shape index (κ2) is 3.58. The summed E-state index contributed by atoms with van der Waals surface area (Å²) in [7, 11) is 0.214. The van der Waals surface area contributed by atoms with Gasteiger partial charge >= 0.3 is 0 Å². The molecule has 0 aromatic carbocycles. The lowest BCUT2D eigenvalue weighted by Gasteiger charge is -2.37. The Labute approximate surface area is 89.0 Å². The zero-order chi connectivity index (χ0) is 11.1. The van der Waals surface area contributed by atoms with Gasteiger partial charge in [0.25, 0.3) is 10.0 Å². The highest BCUT2D eigenvalue weighted by Crippen LogP contribution is 2.19. The van der Waals surface area contributed by atoms with Crippen molar-refractivity contribution in [3.8, 4) is 0 Å². The van der Waals surface area contributed by atoms with E-state index in [1.165, 1.54) is 16.8 Å². The molecule has 15 heavy (non-hydrogen) atoms. The summed E-state index contributed by atoms with van der Waals surface area (Å²) >= 11 is 0. The lowest BCUT2D eigenvalue weighted by atomic mass is 10.2. The van der Waals surface area contributed by atoms with Crippen molar-refractivity contribution in [1.82, 2.24) is 19.2 Å². The van der Waals surface area contributed by atoms with Gasteiger partial charge in [0, 0.05) is 32.4 Å². The maximum absolute atomic E-state index is 11.9. The first-order valence-corrected chi connectivity index (χ1v) is 6.13. The largest absolute Gasteiger partial charge is 0.339 e. The summed E-state index contributed by atoms with van der Waals surface area (Å²) in [5.41, 5.74) is 0. The number of aryl methyl sites for hydroxylation is 1. The third kappa shape index (κ3) is 1.77. The van der Waals surface area contributed by atoms with Gasteiger partial charge in [0.05, 0.1) is 6.33 Å². The molecule has 1 aliphatic heterocycles. The van der Waals surface area contributed by atoms with Gasteiger partial charge in [-0.05, 0) is 7.05 Å². The third-order valence-corrected chi connectivity index (χ3v) is 4.26. The van der Waals surface area contributed by atoms with Crippen LogP contribution in [-0.4, -0.2) is 48.5 Å². The second-order valence-electron chi connectivity index (χ2n) is 3.68. The van der Waals surface area contributed by atoms with Crippen LogP contribution in [0.2, 0.25) is 0 Å². The minimum absolute atomic E-state index is 0.125. The minimum Gasteiger partial charge on any atom is -0.339 e. The molecule has 0 spiro atoms. The molecule has 1 aliphatic rings. The van der Waals surface area contributed by atoms with Gasteiger partial charge in [-0.3, -0.25) is 0 Å². The molecular formula is C8H14N4O2S. The minimum atomic E-state index is -3.36. The number of sulfonamides is 1. The fourth-order valence-electron chi connectivity index (χ4n) is 1.47. The first-order valence-electron chi connectivity index (χ1n) is 4.69. The molecule has 2 rings (SSSR count). The molecule has 1 saturated heterocycles. The van der Waals surface area contributed by atoms with Crippen molar-refractivity contribution < 1.29 is 8.42 Å². The number of hydrogen-bond donors (Lipinski definition) is 1. The van der Waals surface area contributed by atoms with Crippen molar-refractivity contribution >= 4 is 10.0 Å². The smallest absolute Gasteiger partial charge is 0.262 e. The Morgan fingerprint density at radius 1 is 1.53 bits per heavy atom. The van der Waals surface area contributed by atoms with E-state index in [9.17, 15) is 8.42 Å². The predicted octanol–water partition coefficient (Wildman–Crippen LogP) is -0.988. The van der Waals surface area contributed by atoms with Crippen LogP contribution in [0.5, 0.6) is 0 Å². The van der Waals surface area contributed by atoms with Gasteiger partial charge in [-0.2, -0.15) is 4.31 Å². The summed E-state index contributed by atoms with van der Waals surface area (Å²) in [4.78, 5) is 3.85. The quantitative estimate of drug-likeness (QED) is 0.724. The summed E-state index contributed by atoms with van der Waals surface area (Å²) in [5, 5.41) is 3.15. The molecule has 6 nitrogen and oxygen atoms in total. The van der Waals surface area contributed by atoms with Crippen molar-refractivity contribution in [1.29, 1.82) is 0 Å². The summed E-state index contributed by atoms with van der Waals surface area (Å²) in [6.07, 6.45) is 3.00. The van der Waals surface area contributed by atoms with Crippen molar-refractivity contribution in [2.45, 2.75) is 11.1 Å². The molecule has 2 heterocycles. The average molecular weight is 230 g/mol. The zero-order valence-corrected chi connectivity index (χ0v) is 9.53. The monoisotopic (exact) mass is 230 g/mol. The van der Waals surface area contributed by atoms with Gasteiger partial charge < -0.3 is 9.88 Å². The number of rotatable bonds is 3. The third-order valence-electron chi connectivity index (χ3n) is 2.54. The molecule has 0 atom stereocenters. The number of aromatic nitrogens is 2. The lowest BCUT2D eigenvalue weighted by Crippen LogP contribution is -2.58. The normalized spacial score (nSPS) is 19.1. The Morgan fingerprint density at radius 3 is 2.67 bits per heavy atom. The molecule has 84 valence electrons. The van der Waals surface area contributed by atoms with Gasteiger partial charge in [-0.15, -0.1) is 0 Å². The molecule has 7 heteroatoms. The number of nitrogens with zero attached hydrogens (tertiary/aromatic N) is 3. The molecule has 1 N–H and O–H groups in total. The van der Waals surface area contributed by atoms with Crippen LogP contribution in [0.15, 0.2) is 17.6 Å². The van der Waals surface area contributed by atoms with E-state index in [4.69, 9.17) is 0 Å². The van der Waals surface area contributed by atoms with Crippen molar-refractivity contribution in [3.05, 3.63) is 12.5 Å². The second-order valence-corrected chi connectivity index (χ2v) is 5.57. The molecule has 0 radical (unpaired) electrons. The first kappa shape index (κ1) is 10.6. The Bertz CT molecular complexity index is 447. The molecule has 0 bridgehead atoms. The number of hydrogen-bond acceptors (Lipinski definition) is 4. The highest BCUT2D eigenvalue weighted by molar-refractivity contribution is 7.89. The van der Waals surface area contributed by atoms with Crippen LogP contribution < -0.4 is 5.32 Å². The Morgan fingerprint density at radius 2 is 2.20 bits per heavy atom. The van der Waals surface area contributed by atoms with E-state index >= 15 is 0 Å². The molecule has 0 amide bonds. The summed E-state index contributed by atoms with van der Waals surface area (Å²) in [6.45, 7) is 1.05. The van der Waals surface area contributed by atoms with Crippen LogP contribution in [0.1, 0.15) is 0 Å². The molecule has 0 aliphatic carbocycles. The lowest BCUT2D eigenvalue weighted by molar-refractivity contribution is 0.236. The van der Waals surface area contributed by atoms with Crippen molar-refractivity contribution in [2.24, 2.45) is 7.05 Å². The van der Waals surface area contributed by atoms with E-state index in [2.05, 4.69) is 10.3 Å². The molecule has 0 saturated carbocycles. The van der Waals surface area contributed by atoms with Crippen LogP contribution in [-0.2, 0) is 17.1 Å². The number of likely N-dealkylation sites (N-methyl/N-ethyl adjacent to an activating group) is 1. The van der Waals surface area contributed by atoms with Crippen LogP contribution >= 0.6 is 0 Å². The average Bonchev–Trinajstić information content (AvgIpc) is 2.50. The van der Waals surface area contributed by atoms with Gasteiger partial charge in [-0.25, -0.2) is 13.4 Å². The number of nitrogens with one attached hydrogen (secondary N) is 1. The van der Waals surface area contributed by atoms with E-state index in [0.717, 1.165) is 0 Å². The summed E-state index contributed by atoms with van der Waals surface area (Å²) in [5.74, 6) is 0. The van der Waals surface area contributed by atoms with E-state index in [1.54, 1.807) is 11.6 Å².